The van der Waals surface area contributed by atoms with Crippen molar-refractivity contribution in [3.63, 3.8) is 0 Å². The fourth-order valence-electron chi connectivity index (χ4n) is 1.61. The van der Waals surface area contributed by atoms with Gasteiger partial charge in [-0.25, -0.2) is 0 Å². The summed E-state index contributed by atoms with van der Waals surface area (Å²) in [5.74, 6) is 0. The minimum absolute atomic E-state index is 0.814. The Morgan fingerprint density at radius 3 is 1.47 bits per heavy atom. The maximum Gasteiger partial charge on any atom is 0.102 e. The maximum absolute atomic E-state index is 5.70. The summed E-state index contributed by atoms with van der Waals surface area (Å²) in [6.07, 6.45) is 3.92. The van der Waals surface area contributed by atoms with Crippen LogP contribution in [0.15, 0.2) is 25.3 Å². The third-order valence-corrected chi connectivity index (χ3v) is 2.93. The van der Waals surface area contributed by atoms with Crippen LogP contribution in [0.4, 0.5) is 0 Å². The largest absolute Gasteiger partial charge is 0.370 e. The Morgan fingerprint density at radius 2 is 1.18 bits per heavy atom. The predicted molar refractivity (Wildman–Crippen MR) is 74.9 cm³/mol. The first-order chi connectivity index (χ1) is 7.83. The molecule has 0 saturated carbocycles. The molecule has 0 heterocycles. The van der Waals surface area contributed by atoms with Gasteiger partial charge in [0.25, 0.3) is 0 Å². The molecule has 0 fully saturated rings. The van der Waals surface area contributed by atoms with E-state index in [4.69, 9.17) is 4.74 Å². The maximum atomic E-state index is 5.70. The van der Waals surface area contributed by atoms with Crippen molar-refractivity contribution in [3.05, 3.63) is 25.3 Å². The van der Waals surface area contributed by atoms with Gasteiger partial charge in [0.05, 0.1) is 54.5 Å². The molecule has 3 heteroatoms. The topological polar surface area (TPSA) is 9.23 Å². The van der Waals surface area contributed by atoms with Gasteiger partial charge in [0, 0.05) is 0 Å². The Labute approximate surface area is 107 Å². The molecular weight excluding hydrogens is 212 g/mol. The quantitative estimate of drug-likeness (QED) is 0.321. The fraction of sp³-hybridized carbons (Fsp3) is 0.714. The lowest BCUT2D eigenvalue weighted by Gasteiger charge is -2.30. The molecule has 3 nitrogen and oxygen atoms in total. The van der Waals surface area contributed by atoms with Crippen molar-refractivity contribution >= 4 is 0 Å². The summed E-state index contributed by atoms with van der Waals surface area (Å²) in [5, 5.41) is 0. The Morgan fingerprint density at radius 1 is 0.824 bits per heavy atom. The van der Waals surface area contributed by atoms with Crippen molar-refractivity contribution in [1.29, 1.82) is 0 Å². The minimum atomic E-state index is 0.814. The zero-order valence-corrected chi connectivity index (χ0v) is 12.1. The van der Waals surface area contributed by atoms with E-state index in [1.165, 1.54) is 0 Å². The fourth-order valence-corrected chi connectivity index (χ4v) is 1.61. The first kappa shape index (κ1) is 16.4. The number of rotatable bonds is 10. The van der Waals surface area contributed by atoms with Crippen LogP contribution < -0.4 is 0 Å². The molecule has 0 aliphatic carbocycles. The minimum Gasteiger partial charge on any atom is -0.370 e. The first-order valence-corrected chi connectivity index (χ1v) is 6.26. The molecular formula is C14H30N2O+2. The SMILES string of the molecule is C=CC[N+](C)(C)CCOCC[N+](C)(C)CC=C. The van der Waals surface area contributed by atoms with Gasteiger partial charge >= 0.3 is 0 Å². The van der Waals surface area contributed by atoms with Gasteiger partial charge in [-0.3, -0.25) is 0 Å². The molecule has 0 bridgehead atoms. The summed E-state index contributed by atoms with van der Waals surface area (Å²) in [6.45, 7) is 13.2. The monoisotopic (exact) mass is 242 g/mol. The molecule has 0 unspecified atom stereocenters. The van der Waals surface area contributed by atoms with Crippen LogP contribution in [-0.2, 0) is 4.74 Å². The molecule has 0 spiro atoms. The van der Waals surface area contributed by atoms with Crippen LogP contribution in [0.25, 0.3) is 0 Å². The van der Waals surface area contributed by atoms with Crippen molar-refractivity contribution in [2.45, 2.75) is 0 Å². The molecule has 0 radical (unpaired) electrons. The van der Waals surface area contributed by atoms with Gasteiger partial charge in [0.1, 0.15) is 13.1 Å². The van der Waals surface area contributed by atoms with E-state index in [0.717, 1.165) is 48.4 Å². The van der Waals surface area contributed by atoms with Gasteiger partial charge in [-0.2, -0.15) is 0 Å². The summed E-state index contributed by atoms with van der Waals surface area (Å²) < 4.78 is 7.58. The molecule has 0 atom stereocenters. The predicted octanol–water partition coefficient (Wildman–Crippen LogP) is 1.53. The van der Waals surface area contributed by atoms with E-state index < -0.39 is 0 Å². The highest BCUT2D eigenvalue weighted by molar-refractivity contribution is 4.65. The van der Waals surface area contributed by atoms with E-state index in [-0.39, 0.29) is 0 Å². The summed E-state index contributed by atoms with van der Waals surface area (Å²) in [7, 11) is 8.79. The van der Waals surface area contributed by atoms with E-state index in [2.05, 4.69) is 41.3 Å². The third kappa shape index (κ3) is 9.10. The number of likely N-dealkylation sites (N-methyl/N-ethyl adjacent to an activating group) is 2. The van der Waals surface area contributed by atoms with Gasteiger partial charge < -0.3 is 13.7 Å². The van der Waals surface area contributed by atoms with Crippen LogP contribution in [0.3, 0.4) is 0 Å². The Kier molecular flexibility index (Phi) is 7.35. The van der Waals surface area contributed by atoms with E-state index >= 15 is 0 Å². The molecule has 17 heavy (non-hydrogen) atoms. The van der Waals surface area contributed by atoms with Crippen molar-refractivity contribution in [2.24, 2.45) is 0 Å². The van der Waals surface area contributed by atoms with Crippen LogP contribution in [-0.4, -0.2) is 76.5 Å². The lowest BCUT2D eigenvalue weighted by Crippen LogP contribution is -2.44. The molecule has 0 aliphatic rings. The van der Waals surface area contributed by atoms with E-state index in [0.29, 0.717) is 0 Å². The van der Waals surface area contributed by atoms with Crippen molar-refractivity contribution in [2.75, 3.05) is 67.6 Å². The lowest BCUT2D eigenvalue weighted by atomic mass is 10.4. The summed E-state index contributed by atoms with van der Waals surface area (Å²) in [4.78, 5) is 0. The zero-order chi connectivity index (χ0) is 13.4. The van der Waals surface area contributed by atoms with Crippen LogP contribution in [0.1, 0.15) is 0 Å². The van der Waals surface area contributed by atoms with E-state index in [9.17, 15) is 0 Å². The smallest absolute Gasteiger partial charge is 0.102 e. The van der Waals surface area contributed by atoms with Crippen LogP contribution in [0.2, 0.25) is 0 Å². The zero-order valence-electron chi connectivity index (χ0n) is 12.1. The second-order valence-electron chi connectivity index (χ2n) is 5.87. The Balaban J connectivity index is 3.65. The molecule has 100 valence electrons. The molecule has 0 aliphatic heterocycles. The van der Waals surface area contributed by atoms with Crippen molar-refractivity contribution in [3.8, 4) is 0 Å². The summed E-state index contributed by atoms with van der Waals surface area (Å²) in [6, 6.07) is 0. The van der Waals surface area contributed by atoms with Gasteiger partial charge in [-0.15, -0.1) is 0 Å². The molecule has 0 amide bonds. The van der Waals surface area contributed by atoms with Gasteiger partial charge in [-0.1, -0.05) is 13.2 Å². The van der Waals surface area contributed by atoms with Crippen molar-refractivity contribution < 1.29 is 13.7 Å². The van der Waals surface area contributed by atoms with Crippen LogP contribution in [0, 0.1) is 0 Å². The standard InChI is InChI=1S/C14H30N2O/c1-7-9-15(3,4)11-13-17-14-12-16(5,6)10-8-2/h7-8H,1-2,9-14H2,3-6H3/q+2. The highest BCUT2D eigenvalue weighted by Crippen LogP contribution is 1.99. The number of hydrogen-bond acceptors (Lipinski definition) is 1. The molecule has 0 aromatic heterocycles. The first-order valence-electron chi connectivity index (χ1n) is 6.26. The molecule has 0 N–H and O–H groups in total. The second kappa shape index (κ2) is 7.64. The average molecular weight is 242 g/mol. The molecule has 0 aromatic carbocycles. The van der Waals surface area contributed by atoms with Gasteiger partial charge in [0.15, 0.2) is 0 Å². The highest BCUT2D eigenvalue weighted by Gasteiger charge is 2.14. The van der Waals surface area contributed by atoms with Gasteiger partial charge in [-0.05, 0) is 12.2 Å². The van der Waals surface area contributed by atoms with E-state index in [1.54, 1.807) is 0 Å². The summed E-state index contributed by atoms with van der Waals surface area (Å²) in [5.41, 5.74) is 0. The van der Waals surface area contributed by atoms with Crippen LogP contribution >= 0.6 is 0 Å². The highest BCUT2D eigenvalue weighted by atomic mass is 16.5. The van der Waals surface area contributed by atoms with E-state index in [1.807, 2.05) is 12.2 Å². The Hall–Kier alpha value is -0.640. The number of nitrogens with zero attached hydrogens (tertiary/aromatic N) is 2. The normalized spacial score (nSPS) is 12.5. The summed E-state index contributed by atoms with van der Waals surface area (Å²) >= 11 is 0. The average Bonchev–Trinajstić information content (AvgIpc) is 2.16. The Bertz CT molecular complexity index is 210. The van der Waals surface area contributed by atoms with Gasteiger partial charge in [0.2, 0.25) is 0 Å². The lowest BCUT2D eigenvalue weighted by molar-refractivity contribution is -0.888. The molecule has 0 aromatic rings. The molecule has 0 rings (SSSR count). The van der Waals surface area contributed by atoms with Crippen molar-refractivity contribution in [1.82, 2.24) is 0 Å². The van der Waals surface area contributed by atoms with Crippen LogP contribution in [0.5, 0.6) is 0 Å². The number of ether oxygens (including phenoxy) is 1. The number of hydrogen-bond donors (Lipinski definition) is 0. The number of quaternary nitrogens is 2. The second-order valence-corrected chi connectivity index (χ2v) is 5.87. The third-order valence-electron chi connectivity index (χ3n) is 2.93. The molecule has 0 saturated heterocycles.